The number of esters is 3. The van der Waals surface area contributed by atoms with Gasteiger partial charge in [-0.2, -0.15) is 0 Å². The second-order valence-electron chi connectivity index (χ2n) is 20.6. The molecule has 0 heterocycles. The molecular formula is C71H116O6. The molecule has 6 nitrogen and oxygen atoms in total. The maximum atomic E-state index is 12.9. The van der Waals surface area contributed by atoms with Crippen LogP contribution in [0.2, 0.25) is 0 Å². The summed E-state index contributed by atoms with van der Waals surface area (Å²) in [5.74, 6) is -1.04. The van der Waals surface area contributed by atoms with Crippen LogP contribution < -0.4 is 0 Å². The number of rotatable bonds is 56. The first-order valence-corrected chi connectivity index (χ1v) is 31.7. The van der Waals surface area contributed by atoms with Gasteiger partial charge in [-0.3, -0.25) is 14.4 Å². The van der Waals surface area contributed by atoms with Gasteiger partial charge in [0.15, 0.2) is 6.10 Å². The summed E-state index contributed by atoms with van der Waals surface area (Å²) < 4.78 is 16.8. The van der Waals surface area contributed by atoms with Gasteiger partial charge in [-0.05, 0) is 128 Å². The Morgan fingerprint density at radius 1 is 0.273 bits per heavy atom. The maximum absolute atomic E-state index is 12.9. The molecule has 0 N–H and O–H groups in total. The molecule has 6 heteroatoms. The molecule has 1 atom stereocenters. The van der Waals surface area contributed by atoms with Gasteiger partial charge in [0.25, 0.3) is 0 Å². The quantitative estimate of drug-likeness (QED) is 0.0261. The van der Waals surface area contributed by atoms with Crippen LogP contribution >= 0.6 is 0 Å². The second kappa shape index (κ2) is 64.1. The van der Waals surface area contributed by atoms with Crippen molar-refractivity contribution >= 4 is 17.9 Å². The minimum Gasteiger partial charge on any atom is -0.462 e. The number of unbranched alkanes of at least 4 members (excludes halogenated alkanes) is 23. The van der Waals surface area contributed by atoms with E-state index in [2.05, 4.69) is 148 Å². The number of allylic oxidation sites excluding steroid dienone is 22. The van der Waals surface area contributed by atoms with Gasteiger partial charge >= 0.3 is 17.9 Å². The zero-order chi connectivity index (χ0) is 55.7. The molecule has 0 aliphatic heterocycles. The fourth-order valence-electron chi connectivity index (χ4n) is 8.39. The van der Waals surface area contributed by atoms with E-state index in [0.717, 1.165) is 96.3 Å². The molecule has 436 valence electrons. The minimum atomic E-state index is -0.832. The van der Waals surface area contributed by atoms with Gasteiger partial charge in [0.2, 0.25) is 0 Å². The Bertz CT molecular complexity index is 1650. The van der Waals surface area contributed by atoms with E-state index in [1.807, 2.05) is 6.08 Å². The van der Waals surface area contributed by atoms with Crippen LogP contribution in [0.3, 0.4) is 0 Å². The highest BCUT2D eigenvalue weighted by atomic mass is 16.6. The zero-order valence-corrected chi connectivity index (χ0v) is 49.9. The Kier molecular flexibility index (Phi) is 60.4. The molecule has 0 aromatic carbocycles. The molecule has 0 bridgehead atoms. The van der Waals surface area contributed by atoms with Gasteiger partial charge in [0, 0.05) is 19.3 Å². The van der Waals surface area contributed by atoms with E-state index < -0.39 is 6.10 Å². The molecule has 0 aliphatic carbocycles. The van der Waals surface area contributed by atoms with Crippen LogP contribution in [0.25, 0.3) is 0 Å². The highest BCUT2D eigenvalue weighted by molar-refractivity contribution is 5.71. The maximum Gasteiger partial charge on any atom is 0.306 e. The van der Waals surface area contributed by atoms with E-state index in [0.29, 0.717) is 19.3 Å². The highest BCUT2D eigenvalue weighted by Gasteiger charge is 2.19. The van der Waals surface area contributed by atoms with Crippen molar-refractivity contribution in [3.05, 3.63) is 134 Å². The molecule has 0 saturated heterocycles. The summed E-state index contributed by atoms with van der Waals surface area (Å²) in [6.45, 7) is 6.41. The van der Waals surface area contributed by atoms with Crippen LogP contribution in [0.1, 0.15) is 278 Å². The summed E-state index contributed by atoms with van der Waals surface area (Å²) in [5.41, 5.74) is 0. The zero-order valence-electron chi connectivity index (χ0n) is 49.9. The molecule has 0 fully saturated rings. The average Bonchev–Trinajstić information content (AvgIpc) is 3.43. The van der Waals surface area contributed by atoms with Gasteiger partial charge in [-0.15, -0.1) is 0 Å². The standard InChI is InChI=1S/C71H116O6/c1-4-7-10-13-16-19-22-25-28-31-34-35-38-40-43-46-49-52-55-58-61-64-70(73)76-67-68(77-71(74)65-62-59-56-53-50-47-44-41-37-33-30-27-24-21-18-15-12-9-6-3)66-75-69(72)63-60-57-54-51-48-45-42-39-36-32-29-26-23-20-17-14-11-8-5-2/h8,11,17-18,20-21,25-30,36-37,39,41,45,47-48,50,54,57,68H,4-7,9-10,12-16,19,22-24,31-35,38,40,42-44,46,49,51-53,55-56,58-67H2,1-3H3/b11-8-,20-17-,21-18-,28-25-,29-26-,30-27-,39-36-,41-37-,48-45-,50-47-,57-54-/t68-/m1/s1. The average molecular weight is 1070 g/mol. The van der Waals surface area contributed by atoms with Crippen molar-refractivity contribution in [3.63, 3.8) is 0 Å². The third-order valence-corrected chi connectivity index (χ3v) is 13.1. The monoisotopic (exact) mass is 1060 g/mol. The minimum absolute atomic E-state index is 0.118. The molecule has 0 radical (unpaired) electrons. The number of carbonyl (C=O) groups excluding carboxylic acids is 3. The predicted octanol–water partition coefficient (Wildman–Crippen LogP) is 21.8. The third kappa shape index (κ3) is 62.3. The topological polar surface area (TPSA) is 78.9 Å². The molecule has 0 aromatic rings. The lowest BCUT2D eigenvalue weighted by molar-refractivity contribution is -0.166. The normalized spacial score (nSPS) is 13.0. The van der Waals surface area contributed by atoms with Crippen molar-refractivity contribution in [2.45, 2.75) is 284 Å². The number of carbonyl (C=O) groups is 3. The first-order valence-electron chi connectivity index (χ1n) is 31.7. The molecule has 0 unspecified atom stereocenters. The van der Waals surface area contributed by atoms with Crippen molar-refractivity contribution in [2.24, 2.45) is 0 Å². The van der Waals surface area contributed by atoms with Crippen LogP contribution in [0, 0.1) is 0 Å². The van der Waals surface area contributed by atoms with E-state index in [1.165, 1.54) is 128 Å². The van der Waals surface area contributed by atoms with Crippen molar-refractivity contribution in [1.29, 1.82) is 0 Å². The number of ether oxygens (including phenoxy) is 3. The van der Waals surface area contributed by atoms with E-state index in [4.69, 9.17) is 14.2 Å². The molecular weight excluding hydrogens is 949 g/mol. The molecule has 0 saturated carbocycles. The van der Waals surface area contributed by atoms with Gasteiger partial charge in [-0.25, -0.2) is 0 Å². The SMILES string of the molecule is CC/C=C\C/C=C\C/C=C\C/C=C\C/C=C\C/C=C\CCC(=O)OC[C@H](COC(=O)CCCCCCCCCCCCC/C=C\CCCCCCCC)OC(=O)CCCCC/C=C\C/C=C\C/C=C\C/C=C\CCCCC. The molecule has 0 aromatic heterocycles. The van der Waals surface area contributed by atoms with Gasteiger partial charge in [0.05, 0.1) is 0 Å². The summed E-state index contributed by atoms with van der Waals surface area (Å²) in [7, 11) is 0. The lowest BCUT2D eigenvalue weighted by atomic mass is 10.0. The molecule has 0 amide bonds. The Labute approximate surface area is 475 Å². The lowest BCUT2D eigenvalue weighted by Gasteiger charge is -2.18. The highest BCUT2D eigenvalue weighted by Crippen LogP contribution is 2.15. The molecule has 0 rings (SSSR count). The van der Waals surface area contributed by atoms with Crippen LogP contribution in [-0.2, 0) is 28.6 Å². The van der Waals surface area contributed by atoms with Crippen LogP contribution in [0.4, 0.5) is 0 Å². The number of hydrogen-bond acceptors (Lipinski definition) is 6. The summed E-state index contributed by atoms with van der Waals surface area (Å²) in [4.78, 5) is 38.3. The number of hydrogen-bond donors (Lipinski definition) is 0. The van der Waals surface area contributed by atoms with Crippen LogP contribution in [0.5, 0.6) is 0 Å². The van der Waals surface area contributed by atoms with E-state index in [1.54, 1.807) is 0 Å². The molecule has 0 aliphatic rings. The van der Waals surface area contributed by atoms with Gasteiger partial charge < -0.3 is 14.2 Å². The lowest BCUT2D eigenvalue weighted by Crippen LogP contribution is -2.30. The summed E-state index contributed by atoms with van der Waals surface area (Å²) >= 11 is 0. The smallest absolute Gasteiger partial charge is 0.306 e. The van der Waals surface area contributed by atoms with Crippen LogP contribution in [-0.4, -0.2) is 37.2 Å². The Morgan fingerprint density at radius 2 is 0.532 bits per heavy atom. The van der Waals surface area contributed by atoms with Crippen molar-refractivity contribution < 1.29 is 28.6 Å². The largest absolute Gasteiger partial charge is 0.462 e. The fourth-order valence-corrected chi connectivity index (χ4v) is 8.39. The molecule has 0 spiro atoms. The van der Waals surface area contributed by atoms with E-state index >= 15 is 0 Å². The third-order valence-electron chi connectivity index (χ3n) is 13.1. The Hall–Kier alpha value is -4.45. The van der Waals surface area contributed by atoms with Crippen molar-refractivity contribution in [3.8, 4) is 0 Å². The van der Waals surface area contributed by atoms with Gasteiger partial charge in [0.1, 0.15) is 13.2 Å². The van der Waals surface area contributed by atoms with Gasteiger partial charge in [-0.1, -0.05) is 264 Å². The first-order chi connectivity index (χ1) is 38.0. The van der Waals surface area contributed by atoms with Crippen molar-refractivity contribution in [2.75, 3.05) is 13.2 Å². The first kappa shape index (κ1) is 72.5. The van der Waals surface area contributed by atoms with E-state index in [-0.39, 0.29) is 44.0 Å². The second-order valence-corrected chi connectivity index (χ2v) is 20.6. The fraction of sp³-hybridized carbons (Fsp3) is 0.648. The predicted molar refractivity (Wildman–Crippen MR) is 334 cm³/mol. The Balaban J connectivity index is 4.55. The van der Waals surface area contributed by atoms with Crippen molar-refractivity contribution in [1.82, 2.24) is 0 Å². The molecule has 77 heavy (non-hydrogen) atoms. The van der Waals surface area contributed by atoms with E-state index in [9.17, 15) is 14.4 Å². The summed E-state index contributed by atoms with van der Waals surface area (Å²) in [5, 5.41) is 0. The Morgan fingerprint density at radius 3 is 0.922 bits per heavy atom. The summed E-state index contributed by atoms with van der Waals surface area (Å²) in [6.07, 6.45) is 90.3. The summed E-state index contributed by atoms with van der Waals surface area (Å²) in [6, 6.07) is 0. The van der Waals surface area contributed by atoms with Crippen LogP contribution in [0.15, 0.2) is 134 Å².